The van der Waals surface area contributed by atoms with E-state index in [-0.39, 0.29) is 5.82 Å². The number of nitrogens with one attached hydrogen (secondary N) is 1. The number of halogens is 1. The van der Waals surface area contributed by atoms with E-state index in [0.29, 0.717) is 12.1 Å². The molecule has 0 amide bonds. The van der Waals surface area contributed by atoms with Gasteiger partial charge in [-0.25, -0.2) is 4.39 Å². The van der Waals surface area contributed by atoms with Crippen LogP contribution >= 0.6 is 0 Å². The molecule has 0 aromatic heterocycles. The summed E-state index contributed by atoms with van der Waals surface area (Å²) >= 11 is 0. The second-order valence-electron chi connectivity index (χ2n) is 3.98. The lowest BCUT2D eigenvalue weighted by Gasteiger charge is -2.12. The van der Waals surface area contributed by atoms with E-state index in [1.165, 1.54) is 25.0 Å². The molecule has 1 unspecified atom stereocenters. The minimum Gasteiger partial charge on any atom is -0.387 e. The molecule has 1 aromatic carbocycles. The monoisotopic (exact) mass is 225 g/mol. The highest BCUT2D eigenvalue weighted by Gasteiger charge is 2.06. The van der Waals surface area contributed by atoms with Crippen molar-refractivity contribution in [3.05, 3.63) is 35.6 Å². The second-order valence-corrected chi connectivity index (χ2v) is 3.98. The zero-order valence-corrected chi connectivity index (χ0v) is 9.75. The Kier molecular flexibility index (Phi) is 6.04. The van der Waals surface area contributed by atoms with Crippen LogP contribution in [0.1, 0.15) is 37.9 Å². The smallest absolute Gasteiger partial charge is 0.123 e. The number of benzene rings is 1. The molecule has 0 heterocycles. The Morgan fingerprint density at radius 3 is 2.88 bits per heavy atom. The van der Waals surface area contributed by atoms with Gasteiger partial charge in [0.05, 0.1) is 6.10 Å². The fourth-order valence-electron chi connectivity index (χ4n) is 1.57. The molecule has 0 aliphatic carbocycles. The van der Waals surface area contributed by atoms with Crippen LogP contribution in [0.5, 0.6) is 0 Å². The van der Waals surface area contributed by atoms with Crippen molar-refractivity contribution in [3.63, 3.8) is 0 Å². The van der Waals surface area contributed by atoms with Crippen LogP contribution in [0.4, 0.5) is 4.39 Å². The molecule has 0 spiro atoms. The highest BCUT2D eigenvalue weighted by atomic mass is 19.1. The molecule has 90 valence electrons. The van der Waals surface area contributed by atoms with Gasteiger partial charge in [0.1, 0.15) is 5.82 Å². The second kappa shape index (κ2) is 7.36. The number of rotatable bonds is 7. The van der Waals surface area contributed by atoms with E-state index in [2.05, 4.69) is 12.2 Å². The maximum absolute atomic E-state index is 12.9. The van der Waals surface area contributed by atoms with E-state index >= 15 is 0 Å². The van der Waals surface area contributed by atoms with E-state index in [1.54, 1.807) is 12.1 Å². The van der Waals surface area contributed by atoms with Gasteiger partial charge in [-0.3, -0.25) is 0 Å². The van der Waals surface area contributed by atoms with Gasteiger partial charge in [-0.1, -0.05) is 31.9 Å². The first kappa shape index (κ1) is 13.1. The van der Waals surface area contributed by atoms with E-state index in [0.717, 1.165) is 13.0 Å². The third-order valence-corrected chi connectivity index (χ3v) is 2.53. The van der Waals surface area contributed by atoms with Gasteiger partial charge in [0.2, 0.25) is 0 Å². The van der Waals surface area contributed by atoms with Crippen molar-refractivity contribution >= 4 is 0 Å². The van der Waals surface area contributed by atoms with Crippen LogP contribution in [0.3, 0.4) is 0 Å². The first-order chi connectivity index (χ1) is 7.74. The Morgan fingerprint density at radius 1 is 1.38 bits per heavy atom. The normalized spacial score (nSPS) is 12.7. The van der Waals surface area contributed by atoms with Crippen molar-refractivity contribution in [1.29, 1.82) is 0 Å². The summed E-state index contributed by atoms with van der Waals surface area (Å²) in [6, 6.07) is 6.11. The zero-order valence-electron chi connectivity index (χ0n) is 9.75. The maximum atomic E-state index is 12.9. The van der Waals surface area contributed by atoms with Crippen LogP contribution < -0.4 is 5.32 Å². The van der Waals surface area contributed by atoms with Gasteiger partial charge in [-0.15, -0.1) is 0 Å². The molecule has 1 rings (SSSR count). The molecule has 0 saturated carbocycles. The fourth-order valence-corrected chi connectivity index (χ4v) is 1.57. The first-order valence-electron chi connectivity index (χ1n) is 5.88. The maximum Gasteiger partial charge on any atom is 0.123 e. The average Bonchev–Trinajstić information content (AvgIpc) is 2.28. The topological polar surface area (TPSA) is 32.3 Å². The molecule has 3 heteroatoms. The summed E-state index contributed by atoms with van der Waals surface area (Å²) in [5.41, 5.74) is 0.628. The Bertz CT molecular complexity index is 304. The third kappa shape index (κ3) is 4.73. The summed E-state index contributed by atoms with van der Waals surface area (Å²) in [7, 11) is 0. The lowest BCUT2D eigenvalue weighted by atomic mass is 10.1. The molecular weight excluding hydrogens is 205 g/mol. The molecule has 0 bridgehead atoms. The van der Waals surface area contributed by atoms with Crippen molar-refractivity contribution in [2.75, 3.05) is 13.1 Å². The van der Waals surface area contributed by atoms with Gasteiger partial charge in [0.25, 0.3) is 0 Å². The number of aliphatic hydroxyl groups is 1. The van der Waals surface area contributed by atoms with Crippen LogP contribution in [-0.2, 0) is 0 Å². The van der Waals surface area contributed by atoms with Crippen molar-refractivity contribution in [3.8, 4) is 0 Å². The van der Waals surface area contributed by atoms with E-state index < -0.39 is 6.10 Å². The molecule has 0 saturated heterocycles. The standard InChI is InChI=1S/C13H20FNO/c1-2-3-4-8-15-10-13(16)11-6-5-7-12(14)9-11/h5-7,9,13,15-16H,2-4,8,10H2,1H3. The summed E-state index contributed by atoms with van der Waals surface area (Å²) in [6.07, 6.45) is 2.88. The van der Waals surface area contributed by atoms with Crippen molar-refractivity contribution < 1.29 is 9.50 Å². The van der Waals surface area contributed by atoms with Crippen LogP contribution in [0.25, 0.3) is 0 Å². The summed E-state index contributed by atoms with van der Waals surface area (Å²) in [6.45, 7) is 3.54. The van der Waals surface area contributed by atoms with Crippen LogP contribution in [0.15, 0.2) is 24.3 Å². The fraction of sp³-hybridized carbons (Fsp3) is 0.538. The Hall–Kier alpha value is -0.930. The SMILES string of the molecule is CCCCCNCC(O)c1cccc(F)c1. The van der Waals surface area contributed by atoms with Gasteiger partial charge < -0.3 is 10.4 Å². The lowest BCUT2D eigenvalue weighted by molar-refractivity contribution is 0.174. The third-order valence-electron chi connectivity index (χ3n) is 2.53. The minimum absolute atomic E-state index is 0.303. The molecule has 0 aliphatic heterocycles. The van der Waals surface area contributed by atoms with Gasteiger partial charge in [0.15, 0.2) is 0 Å². The predicted molar refractivity (Wildman–Crippen MR) is 63.8 cm³/mol. The zero-order chi connectivity index (χ0) is 11.8. The molecule has 16 heavy (non-hydrogen) atoms. The van der Waals surface area contributed by atoms with E-state index in [1.807, 2.05) is 0 Å². The average molecular weight is 225 g/mol. The van der Waals surface area contributed by atoms with Crippen LogP contribution in [0, 0.1) is 5.82 Å². The summed E-state index contributed by atoms with van der Waals surface area (Å²) in [5.74, 6) is -0.303. The van der Waals surface area contributed by atoms with E-state index in [9.17, 15) is 9.50 Å². The van der Waals surface area contributed by atoms with Crippen molar-refractivity contribution in [2.45, 2.75) is 32.3 Å². The van der Waals surface area contributed by atoms with E-state index in [4.69, 9.17) is 0 Å². The molecule has 1 aromatic rings. The number of hydrogen-bond donors (Lipinski definition) is 2. The molecule has 0 radical (unpaired) electrons. The van der Waals surface area contributed by atoms with Gasteiger partial charge in [-0.05, 0) is 30.7 Å². The molecular formula is C13H20FNO. The first-order valence-corrected chi connectivity index (χ1v) is 5.88. The lowest BCUT2D eigenvalue weighted by Crippen LogP contribution is -2.22. The molecule has 0 fully saturated rings. The largest absolute Gasteiger partial charge is 0.387 e. The van der Waals surface area contributed by atoms with Gasteiger partial charge >= 0.3 is 0 Å². The highest BCUT2D eigenvalue weighted by Crippen LogP contribution is 2.12. The highest BCUT2D eigenvalue weighted by molar-refractivity contribution is 5.18. The molecule has 2 nitrogen and oxygen atoms in total. The Balaban J connectivity index is 2.27. The van der Waals surface area contributed by atoms with Crippen molar-refractivity contribution in [1.82, 2.24) is 5.32 Å². The molecule has 1 atom stereocenters. The predicted octanol–water partition coefficient (Wildman–Crippen LogP) is 2.64. The van der Waals surface area contributed by atoms with Gasteiger partial charge in [0, 0.05) is 6.54 Å². The Morgan fingerprint density at radius 2 is 2.19 bits per heavy atom. The summed E-state index contributed by atoms with van der Waals surface area (Å²) in [4.78, 5) is 0. The molecule has 0 aliphatic rings. The summed E-state index contributed by atoms with van der Waals surface area (Å²) < 4.78 is 12.9. The number of hydrogen-bond acceptors (Lipinski definition) is 2. The quantitative estimate of drug-likeness (QED) is 0.699. The Labute approximate surface area is 96.5 Å². The van der Waals surface area contributed by atoms with Gasteiger partial charge in [-0.2, -0.15) is 0 Å². The summed E-state index contributed by atoms with van der Waals surface area (Å²) in [5, 5.41) is 12.9. The minimum atomic E-state index is -0.627. The molecule has 2 N–H and O–H groups in total. The number of aliphatic hydroxyl groups excluding tert-OH is 1. The van der Waals surface area contributed by atoms with Crippen molar-refractivity contribution in [2.24, 2.45) is 0 Å². The van der Waals surface area contributed by atoms with Crippen LogP contribution in [0.2, 0.25) is 0 Å². The van der Waals surface area contributed by atoms with Crippen LogP contribution in [-0.4, -0.2) is 18.2 Å². The number of unbranched alkanes of at least 4 members (excludes halogenated alkanes) is 2.